The second-order valence-corrected chi connectivity index (χ2v) is 8.81. The van der Waals surface area contributed by atoms with Crippen LogP contribution >= 0.6 is 0 Å². The van der Waals surface area contributed by atoms with E-state index in [1.54, 1.807) is 18.7 Å². The maximum absolute atomic E-state index is 12.6. The zero-order valence-electron chi connectivity index (χ0n) is 20.2. The first-order valence-corrected chi connectivity index (χ1v) is 12.1. The molecule has 6 heteroatoms. The van der Waals surface area contributed by atoms with E-state index >= 15 is 0 Å². The van der Waals surface area contributed by atoms with Crippen molar-refractivity contribution in [3.8, 4) is 11.4 Å². The molecule has 0 saturated heterocycles. The molecule has 0 radical (unpaired) electrons. The van der Waals surface area contributed by atoms with Crippen LogP contribution in [0.1, 0.15) is 34.8 Å². The van der Waals surface area contributed by atoms with E-state index in [1.807, 2.05) is 65.2 Å². The van der Waals surface area contributed by atoms with Gasteiger partial charge in [0.1, 0.15) is 12.1 Å². The summed E-state index contributed by atoms with van der Waals surface area (Å²) in [5, 5.41) is 2.93. The molecule has 180 valence electrons. The summed E-state index contributed by atoms with van der Waals surface area (Å²) in [6.45, 7) is 2.53. The van der Waals surface area contributed by atoms with Gasteiger partial charge in [-0.25, -0.2) is 4.98 Å². The number of pyridine rings is 1. The SMILES string of the molecule is CC(CCc1ccccc1)Oc1cccc(-n2cnc3cc(C(=O)NCc4cccnc4)ccc32)c1. The minimum Gasteiger partial charge on any atom is -0.491 e. The van der Waals surface area contributed by atoms with Gasteiger partial charge in [0.05, 0.1) is 22.8 Å². The van der Waals surface area contributed by atoms with Crippen LogP contribution in [0.5, 0.6) is 5.75 Å². The van der Waals surface area contributed by atoms with Gasteiger partial charge in [-0.3, -0.25) is 14.3 Å². The Hall–Kier alpha value is -4.45. The molecule has 0 aliphatic heterocycles. The number of amides is 1. The number of aryl methyl sites for hydroxylation is 1. The number of hydrogen-bond acceptors (Lipinski definition) is 4. The van der Waals surface area contributed by atoms with Gasteiger partial charge >= 0.3 is 0 Å². The first kappa shape index (κ1) is 23.3. The summed E-state index contributed by atoms with van der Waals surface area (Å²) >= 11 is 0. The Labute approximate surface area is 210 Å². The Morgan fingerprint density at radius 2 is 1.83 bits per heavy atom. The largest absolute Gasteiger partial charge is 0.491 e. The molecule has 0 saturated carbocycles. The van der Waals surface area contributed by atoms with Gasteiger partial charge in [0, 0.05) is 30.6 Å². The minimum absolute atomic E-state index is 0.0905. The predicted octanol–water partition coefficient (Wildman–Crippen LogP) is 5.75. The summed E-state index contributed by atoms with van der Waals surface area (Å²) in [4.78, 5) is 21.3. The monoisotopic (exact) mass is 476 g/mol. The maximum Gasteiger partial charge on any atom is 0.251 e. The third-order valence-electron chi connectivity index (χ3n) is 6.10. The number of fused-ring (bicyclic) bond motifs is 1. The highest BCUT2D eigenvalue weighted by atomic mass is 16.5. The van der Waals surface area contributed by atoms with Crippen molar-refractivity contribution in [2.75, 3.05) is 0 Å². The number of rotatable bonds is 9. The first-order chi connectivity index (χ1) is 17.7. The zero-order chi connectivity index (χ0) is 24.7. The van der Waals surface area contributed by atoms with Gasteiger partial charge in [0.25, 0.3) is 5.91 Å². The van der Waals surface area contributed by atoms with Crippen LogP contribution in [-0.2, 0) is 13.0 Å². The molecule has 0 spiro atoms. The number of aromatic nitrogens is 3. The average molecular weight is 477 g/mol. The molecule has 6 nitrogen and oxygen atoms in total. The number of ether oxygens (including phenoxy) is 1. The van der Waals surface area contributed by atoms with Gasteiger partial charge in [0.2, 0.25) is 0 Å². The van der Waals surface area contributed by atoms with Gasteiger partial charge < -0.3 is 10.1 Å². The minimum atomic E-state index is -0.143. The molecular formula is C30H28N4O2. The average Bonchev–Trinajstić information content (AvgIpc) is 3.35. The van der Waals surface area contributed by atoms with Crippen LogP contribution in [0.15, 0.2) is 104 Å². The molecule has 2 aromatic heterocycles. The molecule has 0 aliphatic carbocycles. The van der Waals surface area contributed by atoms with Crippen LogP contribution in [0.2, 0.25) is 0 Å². The van der Waals surface area contributed by atoms with Gasteiger partial charge in [-0.2, -0.15) is 0 Å². The normalized spacial score (nSPS) is 11.8. The standard InChI is InChI=1S/C30H28N4O2/c1-22(12-13-23-7-3-2-4-8-23)36-27-11-5-10-26(18-27)34-21-33-28-17-25(14-15-29(28)34)30(35)32-20-24-9-6-16-31-19-24/h2-11,14-19,21-22H,12-13,20H2,1H3,(H,32,35). The Kier molecular flexibility index (Phi) is 7.03. The van der Waals surface area contributed by atoms with Crippen LogP contribution in [0.4, 0.5) is 0 Å². The van der Waals surface area contributed by atoms with E-state index in [1.165, 1.54) is 5.56 Å². The lowest BCUT2D eigenvalue weighted by atomic mass is 10.1. The van der Waals surface area contributed by atoms with Crippen LogP contribution in [0.25, 0.3) is 16.7 Å². The highest BCUT2D eigenvalue weighted by Crippen LogP contribution is 2.24. The number of nitrogens with zero attached hydrogens (tertiary/aromatic N) is 3. The fourth-order valence-electron chi connectivity index (χ4n) is 4.16. The fraction of sp³-hybridized carbons (Fsp3) is 0.167. The van der Waals surface area contributed by atoms with Crippen molar-refractivity contribution in [3.05, 3.63) is 120 Å². The molecule has 0 aliphatic rings. The molecule has 1 atom stereocenters. The lowest BCUT2D eigenvalue weighted by Gasteiger charge is -2.16. The van der Waals surface area contributed by atoms with Crippen LogP contribution in [-0.4, -0.2) is 26.5 Å². The van der Waals surface area contributed by atoms with E-state index < -0.39 is 0 Å². The summed E-state index contributed by atoms with van der Waals surface area (Å²) in [6, 6.07) is 27.8. The summed E-state index contributed by atoms with van der Waals surface area (Å²) in [7, 11) is 0. The van der Waals surface area contributed by atoms with Crippen LogP contribution < -0.4 is 10.1 Å². The third-order valence-corrected chi connectivity index (χ3v) is 6.10. The van der Waals surface area contributed by atoms with Crippen LogP contribution in [0, 0.1) is 0 Å². The van der Waals surface area contributed by atoms with Crippen molar-refractivity contribution in [3.63, 3.8) is 0 Å². The molecule has 5 rings (SSSR count). The highest BCUT2D eigenvalue weighted by molar-refractivity contribution is 5.97. The summed E-state index contributed by atoms with van der Waals surface area (Å²) in [5.74, 6) is 0.677. The second kappa shape index (κ2) is 10.9. The van der Waals surface area contributed by atoms with Gasteiger partial charge in [-0.1, -0.05) is 42.5 Å². The van der Waals surface area contributed by atoms with Crippen molar-refractivity contribution in [1.82, 2.24) is 19.9 Å². The van der Waals surface area contributed by atoms with E-state index in [2.05, 4.69) is 46.5 Å². The van der Waals surface area contributed by atoms with E-state index in [4.69, 9.17) is 4.74 Å². The van der Waals surface area contributed by atoms with Gasteiger partial charge in [-0.15, -0.1) is 0 Å². The molecule has 3 aromatic carbocycles. The van der Waals surface area contributed by atoms with E-state index in [-0.39, 0.29) is 12.0 Å². The quantitative estimate of drug-likeness (QED) is 0.294. The Balaban J connectivity index is 1.26. The fourth-order valence-corrected chi connectivity index (χ4v) is 4.16. The van der Waals surface area contributed by atoms with E-state index in [0.717, 1.165) is 40.9 Å². The lowest BCUT2D eigenvalue weighted by Crippen LogP contribution is -2.22. The van der Waals surface area contributed by atoms with E-state index in [0.29, 0.717) is 12.1 Å². The Morgan fingerprint density at radius 3 is 2.67 bits per heavy atom. The number of benzene rings is 3. The number of carbonyl (C=O) groups excluding carboxylic acids is 1. The summed E-state index contributed by atoms with van der Waals surface area (Å²) < 4.78 is 8.22. The number of imidazole rings is 1. The molecular weight excluding hydrogens is 448 g/mol. The first-order valence-electron chi connectivity index (χ1n) is 12.1. The Morgan fingerprint density at radius 1 is 0.972 bits per heavy atom. The highest BCUT2D eigenvalue weighted by Gasteiger charge is 2.12. The molecule has 1 amide bonds. The zero-order valence-corrected chi connectivity index (χ0v) is 20.2. The lowest BCUT2D eigenvalue weighted by molar-refractivity contribution is 0.0951. The van der Waals surface area contributed by atoms with Gasteiger partial charge in [-0.05, 0) is 67.3 Å². The molecule has 1 unspecified atom stereocenters. The van der Waals surface area contributed by atoms with Crippen molar-refractivity contribution in [2.45, 2.75) is 32.4 Å². The number of nitrogens with one attached hydrogen (secondary N) is 1. The van der Waals surface area contributed by atoms with Crippen LogP contribution in [0.3, 0.4) is 0 Å². The molecule has 36 heavy (non-hydrogen) atoms. The second-order valence-electron chi connectivity index (χ2n) is 8.81. The summed E-state index contributed by atoms with van der Waals surface area (Å²) in [6.07, 6.45) is 7.24. The molecule has 0 bridgehead atoms. The molecule has 5 aromatic rings. The van der Waals surface area contributed by atoms with Crippen molar-refractivity contribution < 1.29 is 9.53 Å². The summed E-state index contributed by atoms with van der Waals surface area (Å²) in [5.41, 5.74) is 5.48. The molecule has 2 heterocycles. The van der Waals surface area contributed by atoms with Gasteiger partial charge in [0.15, 0.2) is 0 Å². The smallest absolute Gasteiger partial charge is 0.251 e. The molecule has 0 fully saturated rings. The third kappa shape index (κ3) is 5.61. The van der Waals surface area contributed by atoms with Crippen molar-refractivity contribution in [2.24, 2.45) is 0 Å². The maximum atomic E-state index is 12.6. The number of carbonyl (C=O) groups is 1. The number of hydrogen-bond donors (Lipinski definition) is 1. The Bertz CT molecular complexity index is 1450. The van der Waals surface area contributed by atoms with E-state index in [9.17, 15) is 4.79 Å². The topological polar surface area (TPSA) is 69.0 Å². The van der Waals surface area contributed by atoms with Crippen molar-refractivity contribution >= 4 is 16.9 Å². The molecule has 1 N–H and O–H groups in total. The predicted molar refractivity (Wildman–Crippen MR) is 141 cm³/mol. The van der Waals surface area contributed by atoms with Crippen molar-refractivity contribution in [1.29, 1.82) is 0 Å².